The molecule has 2 heterocycles. The third-order valence-electron chi connectivity index (χ3n) is 4.54. The Morgan fingerprint density at radius 3 is 2.25 bits per heavy atom. The molecule has 130 valence electrons. The van der Waals surface area contributed by atoms with Crippen LogP contribution in [0, 0.1) is 25.7 Å². The summed E-state index contributed by atoms with van der Waals surface area (Å²) in [5.41, 5.74) is 2.14. The number of benzene rings is 1. The van der Waals surface area contributed by atoms with Gasteiger partial charge in [0, 0.05) is 18.5 Å². The maximum Gasteiger partial charge on any atom is 0.451 e. The van der Waals surface area contributed by atoms with Crippen molar-refractivity contribution in [2.24, 2.45) is 11.8 Å². The highest BCUT2D eigenvalue weighted by atomic mass is 19.4. The summed E-state index contributed by atoms with van der Waals surface area (Å²) in [7, 11) is 0. The lowest BCUT2D eigenvalue weighted by Gasteiger charge is -2.36. The Bertz CT molecular complexity index is 760. The van der Waals surface area contributed by atoms with Crippen molar-refractivity contribution in [1.82, 2.24) is 9.97 Å². The molecule has 1 saturated heterocycles. The first-order valence-corrected chi connectivity index (χ1v) is 8.26. The van der Waals surface area contributed by atoms with Crippen molar-refractivity contribution in [3.05, 3.63) is 29.1 Å². The summed E-state index contributed by atoms with van der Waals surface area (Å²) in [4.78, 5) is 9.75. The third kappa shape index (κ3) is 3.19. The van der Waals surface area contributed by atoms with Crippen LogP contribution in [0.5, 0.6) is 0 Å². The number of anilines is 1. The molecule has 0 spiro atoms. The summed E-state index contributed by atoms with van der Waals surface area (Å²) in [6, 6.07) is 3.75. The van der Waals surface area contributed by atoms with Gasteiger partial charge >= 0.3 is 6.18 Å². The van der Waals surface area contributed by atoms with E-state index in [-0.39, 0.29) is 0 Å². The highest BCUT2D eigenvalue weighted by Crippen LogP contribution is 2.35. The number of hydrogen-bond donors (Lipinski definition) is 0. The van der Waals surface area contributed by atoms with Crippen LogP contribution in [0.2, 0.25) is 0 Å². The lowest BCUT2D eigenvalue weighted by atomic mass is 9.91. The van der Waals surface area contributed by atoms with E-state index in [4.69, 9.17) is 0 Å². The average molecular weight is 337 g/mol. The van der Waals surface area contributed by atoms with E-state index in [1.165, 1.54) is 0 Å². The normalized spacial score (nSPS) is 22.2. The largest absolute Gasteiger partial charge is 0.451 e. The van der Waals surface area contributed by atoms with Crippen molar-refractivity contribution in [1.29, 1.82) is 0 Å². The summed E-state index contributed by atoms with van der Waals surface area (Å²) in [6.07, 6.45) is -3.46. The molecule has 2 aromatic rings. The number of rotatable bonds is 1. The molecular formula is C18H22F3N3. The Kier molecular flexibility index (Phi) is 4.18. The Morgan fingerprint density at radius 2 is 1.67 bits per heavy atom. The smallest absolute Gasteiger partial charge is 0.355 e. The van der Waals surface area contributed by atoms with Gasteiger partial charge in [0.25, 0.3) is 0 Å². The molecular weight excluding hydrogens is 315 g/mol. The van der Waals surface area contributed by atoms with Gasteiger partial charge in [-0.15, -0.1) is 0 Å². The van der Waals surface area contributed by atoms with E-state index in [2.05, 4.69) is 23.8 Å². The van der Waals surface area contributed by atoms with Gasteiger partial charge < -0.3 is 4.90 Å². The van der Waals surface area contributed by atoms with Crippen molar-refractivity contribution < 1.29 is 13.2 Å². The van der Waals surface area contributed by atoms with Crippen molar-refractivity contribution >= 4 is 16.7 Å². The Hall–Kier alpha value is -1.85. The molecule has 1 aromatic heterocycles. The van der Waals surface area contributed by atoms with Crippen LogP contribution in [-0.2, 0) is 6.18 Å². The number of piperidine rings is 1. The van der Waals surface area contributed by atoms with E-state index in [0.29, 0.717) is 28.6 Å². The van der Waals surface area contributed by atoms with Crippen LogP contribution in [0.4, 0.5) is 19.0 Å². The maximum absolute atomic E-state index is 13.3. The fourth-order valence-electron chi connectivity index (χ4n) is 3.77. The zero-order chi connectivity index (χ0) is 17.6. The molecule has 0 aliphatic carbocycles. The van der Waals surface area contributed by atoms with Crippen LogP contribution in [0.1, 0.15) is 37.2 Å². The molecule has 0 radical (unpaired) electrons. The van der Waals surface area contributed by atoms with Gasteiger partial charge in [-0.3, -0.25) is 0 Å². The van der Waals surface area contributed by atoms with E-state index in [1.807, 2.05) is 24.0 Å². The standard InChI is InChI=1S/C18H22F3N3/c1-10-6-13(4)15-14(7-10)16(23-17(22-15)18(19,20)21)24-8-11(2)5-12(3)9-24/h6-7,11-12H,5,8-9H2,1-4H3. The molecule has 0 N–H and O–H groups in total. The first kappa shape index (κ1) is 17.0. The fourth-order valence-corrected chi connectivity index (χ4v) is 3.77. The zero-order valence-corrected chi connectivity index (χ0v) is 14.4. The zero-order valence-electron chi connectivity index (χ0n) is 14.4. The summed E-state index contributed by atoms with van der Waals surface area (Å²) < 4.78 is 39.9. The second-order valence-electron chi connectivity index (χ2n) is 7.20. The number of alkyl halides is 3. The van der Waals surface area contributed by atoms with Gasteiger partial charge in [0.15, 0.2) is 0 Å². The van der Waals surface area contributed by atoms with Crippen LogP contribution in [0.15, 0.2) is 12.1 Å². The lowest BCUT2D eigenvalue weighted by Crippen LogP contribution is -2.39. The topological polar surface area (TPSA) is 29.0 Å². The molecule has 0 amide bonds. The van der Waals surface area contributed by atoms with Crippen LogP contribution < -0.4 is 4.90 Å². The Morgan fingerprint density at radius 1 is 1.04 bits per heavy atom. The van der Waals surface area contributed by atoms with Gasteiger partial charge in [0.1, 0.15) is 5.82 Å². The fraction of sp³-hybridized carbons (Fsp3) is 0.556. The minimum absolute atomic E-state index is 0.392. The number of nitrogens with zero attached hydrogens (tertiary/aromatic N) is 3. The molecule has 1 aliphatic rings. The highest BCUT2D eigenvalue weighted by Gasteiger charge is 2.37. The molecule has 0 saturated carbocycles. The summed E-state index contributed by atoms with van der Waals surface area (Å²) in [5, 5.41) is 0.710. The van der Waals surface area contributed by atoms with Crippen LogP contribution in [0.25, 0.3) is 10.9 Å². The van der Waals surface area contributed by atoms with Crippen molar-refractivity contribution in [3.63, 3.8) is 0 Å². The van der Waals surface area contributed by atoms with Gasteiger partial charge in [0.2, 0.25) is 5.82 Å². The van der Waals surface area contributed by atoms with E-state index >= 15 is 0 Å². The molecule has 6 heteroatoms. The summed E-state index contributed by atoms with van der Waals surface area (Å²) in [5.74, 6) is 0.221. The number of fused-ring (bicyclic) bond motifs is 1. The third-order valence-corrected chi connectivity index (χ3v) is 4.54. The number of aromatic nitrogens is 2. The Balaban J connectivity index is 2.24. The van der Waals surface area contributed by atoms with E-state index in [9.17, 15) is 13.2 Å². The lowest BCUT2D eigenvalue weighted by molar-refractivity contribution is -0.144. The molecule has 1 aromatic carbocycles. The monoisotopic (exact) mass is 337 g/mol. The van der Waals surface area contributed by atoms with E-state index in [0.717, 1.165) is 30.6 Å². The molecule has 24 heavy (non-hydrogen) atoms. The van der Waals surface area contributed by atoms with Crippen LogP contribution >= 0.6 is 0 Å². The molecule has 0 bridgehead atoms. The highest BCUT2D eigenvalue weighted by molar-refractivity contribution is 5.92. The summed E-state index contributed by atoms with van der Waals surface area (Å²) >= 11 is 0. The van der Waals surface area contributed by atoms with Gasteiger partial charge in [-0.25, -0.2) is 9.97 Å². The van der Waals surface area contributed by atoms with Crippen LogP contribution in [-0.4, -0.2) is 23.1 Å². The van der Waals surface area contributed by atoms with E-state index < -0.39 is 12.0 Å². The summed E-state index contributed by atoms with van der Waals surface area (Å²) in [6.45, 7) is 9.45. The maximum atomic E-state index is 13.3. The van der Waals surface area contributed by atoms with Gasteiger partial charge in [-0.05, 0) is 49.3 Å². The van der Waals surface area contributed by atoms with Crippen molar-refractivity contribution in [3.8, 4) is 0 Å². The van der Waals surface area contributed by atoms with Crippen molar-refractivity contribution in [2.75, 3.05) is 18.0 Å². The number of hydrogen-bond acceptors (Lipinski definition) is 3. The first-order valence-electron chi connectivity index (χ1n) is 8.26. The molecule has 1 aliphatic heterocycles. The predicted octanol–water partition coefficient (Wildman–Crippen LogP) is 4.75. The minimum atomic E-state index is -4.55. The molecule has 3 nitrogen and oxygen atoms in total. The van der Waals surface area contributed by atoms with Gasteiger partial charge in [-0.2, -0.15) is 13.2 Å². The second-order valence-corrected chi connectivity index (χ2v) is 7.20. The average Bonchev–Trinajstić information content (AvgIpc) is 2.44. The van der Waals surface area contributed by atoms with E-state index in [1.54, 1.807) is 6.92 Å². The number of aryl methyl sites for hydroxylation is 2. The van der Waals surface area contributed by atoms with Gasteiger partial charge in [-0.1, -0.05) is 19.9 Å². The minimum Gasteiger partial charge on any atom is -0.355 e. The second kappa shape index (κ2) is 5.90. The molecule has 2 unspecified atom stereocenters. The quantitative estimate of drug-likeness (QED) is 0.752. The van der Waals surface area contributed by atoms with Crippen molar-refractivity contribution in [2.45, 2.75) is 40.3 Å². The van der Waals surface area contributed by atoms with Crippen LogP contribution in [0.3, 0.4) is 0 Å². The first-order chi connectivity index (χ1) is 11.1. The molecule has 3 rings (SSSR count). The molecule has 2 atom stereocenters. The Labute approximate surface area is 139 Å². The van der Waals surface area contributed by atoms with Gasteiger partial charge in [0.05, 0.1) is 5.52 Å². The predicted molar refractivity (Wildman–Crippen MR) is 89.2 cm³/mol. The number of halogens is 3. The SMILES string of the molecule is Cc1cc(C)c2nc(C(F)(F)F)nc(N3CC(C)CC(C)C3)c2c1. The molecule has 1 fully saturated rings.